The predicted octanol–water partition coefficient (Wildman–Crippen LogP) is 1.58. The topological polar surface area (TPSA) is 94.8 Å². The number of halogens is 1. The van der Waals surface area contributed by atoms with Gasteiger partial charge in [0.05, 0.1) is 17.9 Å². The highest BCUT2D eigenvalue weighted by Gasteiger charge is 2.32. The van der Waals surface area contributed by atoms with Crippen LogP contribution in [0.5, 0.6) is 5.75 Å². The number of hydrogen-bond acceptors (Lipinski definition) is 8. The van der Waals surface area contributed by atoms with Crippen LogP contribution in [0.3, 0.4) is 0 Å². The molecule has 210 valence electrons. The van der Waals surface area contributed by atoms with E-state index in [9.17, 15) is 14.0 Å². The van der Waals surface area contributed by atoms with Crippen LogP contribution in [0.1, 0.15) is 5.56 Å². The quantitative estimate of drug-likeness (QED) is 0.540. The molecule has 0 spiro atoms. The number of anilines is 2. The second-order valence-electron chi connectivity index (χ2n) is 10.4. The maximum absolute atomic E-state index is 15.0. The molecule has 3 heterocycles. The minimum absolute atomic E-state index is 0.0312. The molecule has 0 radical (unpaired) electrons. The first kappa shape index (κ1) is 27.2. The summed E-state index contributed by atoms with van der Waals surface area (Å²) in [6, 6.07) is 12.7. The summed E-state index contributed by atoms with van der Waals surface area (Å²) in [4.78, 5) is 34.6. The smallest absolute Gasteiger partial charge is 0.414 e. The summed E-state index contributed by atoms with van der Waals surface area (Å²) >= 11 is 0. The number of likely N-dealkylation sites (N-methyl/N-ethyl adjacent to an activating group) is 1. The summed E-state index contributed by atoms with van der Waals surface area (Å²) in [5.74, 6) is 0.163. The van der Waals surface area contributed by atoms with E-state index >= 15 is 0 Å². The summed E-state index contributed by atoms with van der Waals surface area (Å²) in [6.07, 6.45) is -0.907. The zero-order valence-electron chi connectivity index (χ0n) is 22.4. The van der Waals surface area contributed by atoms with E-state index in [1.54, 1.807) is 17.0 Å². The lowest BCUT2D eigenvalue weighted by Crippen LogP contribution is -2.50. The Bertz CT molecular complexity index is 1150. The van der Waals surface area contributed by atoms with Gasteiger partial charge in [-0.2, -0.15) is 0 Å². The van der Waals surface area contributed by atoms with Crippen molar-refractivity contribution in [2.45, 2.75) is 12.6 Å². The van der Waals surface area contributed by atoms with Gasteiger partial charge in [0.15, 0.2) is 6.61 Å². The SMILES string of the molecule is CN1CCN(Cc2ccc(OCC(=O)N3CCN(c4ccc(N5C[C@H](CN)OC5=O)cc4F)CC3)cc2)CC1. The van der Waals surface area contributed by atoms with Crippen LogP contribution in [0.4, 0.5) is 20.6 Å². The fraction of sp³-hybridized carbons (Fsp3) is 0.500. The molecule has 0 aliphatic carbocycles. The minimum Gasteiger partial charge on any atom is -0.484 e. The molecule has 0 bridgehead atoms. The molecule has 3 fully saturated rings. The molecule has 11 heteroatoms. The lowest BCUT2D eigenvalue weighted by molar-refractivity contribution is -0.133. The largest absolute Gasteiger partial charge is 0.484 e. The molecule has 0 unspecified atom stereocenters. The van der Waals surface area contributed by atoms with Crippen LogP contribution in [-0.4, -0.2) is 112 Å². The lowest BCUT2D eigenvalue weighted by atomic mass is 10.2. The van der Waals surface area contributed by atoms with Crippen molar-refractivity contribution in [1.29, 1.82) is 0 Å². The van der Waals surface area contributed by atoms with E-state index in [1.807, 2.05) is 17.0 Å². The second-order valence-corrected chi connectivity index (χ2v) is 10.4. The molecule has 2 aromatic rings. The number of carbonyl (C=O) groups is 2. The molecule has 5 rings (SSSR count). The van der Waals surface area contributed by atoms with Crippen LogP contribution < -0.4 is 20.3 Å². The molecule has 3 aliphatic heterocycles. The third kappa shape index (κ3) is 6.60. The molecular formula is C28H37FN6O4. The third-order valence-electron chi connectivity index (χ3n) is 7.64. The number of cyclic esters (lactones) is 1. The predicted molar refractivity (Wildman–Crippen MR) is 147 cm³/mol. The fourth-order valence-electron chi connectivity index (χ4n) is 5.16. The molecule has 1 atom stereocenters. The average molecular weight is 541 g/mol. The summed E-state index contributed by atoms with van der Waals surface area (Å²) in [5.41, 5.74) is 7.70. The molecule has 0 aromatic heterocycles. The number of amides is 2. The number of nitrogens with zero attached hydrogens (tertiary/aromatic N) is 5. The first-order valence-electron chi connectivity index (χ1n) is 13.5. The maximum atomic E-state index is 15.0. The molecule has 2 aromatic carbocycles. The molecular weight excluding hydrogens is 503 g/mol. The third-order valence-corrected chi connectivity index (χ3v) is 7.64. The average Bonchev–Trinajstić information content (AvgIpc) is 3.34. The Balaban J connectivity index is 1.07. The van der Waals surface area contributed by atoms with Crippen LogP contribution in [0, 0.1) is 5.82 Å². The van der Waals surface area contributed by atoms with Crippen molar-refractivity contribution < 1.29 is 23.5 Å². The van der Waals surface area contributed by atoms with Crippen molar-refractivity contribution in [1.82, 2.24) is 14.7 Å². The molecule has 0 saturated carbocycles. The Hall–Kier alpha value is -3.41. The van der Waals surface area contributed by atoms with Gasteiger partial charge in [0.1, 0.15) is 17.7 Å². The first-order valence-corrected chi connectivity index (χ1v) is 13.5. The normalized spacial score (nSPS) is 20.8. The molecule has 2 amide bonds. The molecule has 10 nitrogen and oxygen atoms in total. The number of piperazine rings is 2. The Morgan fingerprint density at radius 3 is 2.38 bits per heavy atom. The van der Waals surface area contributed by atoms with E-state index in [-0.39, 0.29) is 25.2 Å². The zero-order valence-corrected chi connectivity index (χ0v) is 22.4. The number of nitrogens with two attached hydrogens (primary N) is 1. The van der Waals surface area contributed by atoms with Crippen molar-refractivity contribution in [3.63, 3.8) is 0 Å². The number of carbonyl (C=O) groups excluding carboxylic acids is 2. The standard InChI is InChI=1S/C28H37FN6O4/c1-31-8-10-32(11-9-31)18-21-2-5-23(6-3-21)38-20-27(36)34-14-12-33(13-15-34)26-7-4-22(16-25(26)29)35-19-24(17-30)39-28(35)37/h2-7,16,24H,8-15,17-20,30H2,1H3/t24-/m0/s1. The van der Waals surface area contributed by atoms with Gasteiger partial charge in [-0.1, -0.05) is 12.1 Å². The highest BCUT2D eigenvalue weighted by molar-refractivity contribution is 5.90. The lowest BCUT2D eigenvalue weighted by Gasteiger charge is -2.36. The van der Waals surface area contributed by atoms with Crippen LogP contribution in [0.15, 0.2) is 42.5 Å². The number of hydrogen-bond donors (Lipinski definition) is 1. The minimum atomic E-state index is -0.520. The summed E-state index contributed by atoms with van der Waals surface area (Å²) in [7, 11) is 2.15. The molecule has 39 heavy (non-hydrogen) atoms. The van der Waals surface area contributed by atoms with Crippen molar-refractivity contribution in [3.8, 4) is 5.75 Å². The van der Waals surface area contributed by atoms with E-state index in [1.165, 1.54) is 16.5 Å². The van der Waals surface area contributed by atoms with Crippen molar-refractivity contribution >= 4 is 23.4 Å². The van der Waals surface area contributed by atoms with Gasteiger partial charge < -0.3 is 29.9 Å². The highest BCUT2D eigenvalue weighted by atomic mass is 19.1. The molecule has 2 N–H and O–H groups in total. The van der Waals surface area contributed by atoms with Gasteiger partial charge >= 0.3 is 6.09 Å². The monoisotopic (exact) mass is 540 g/mol. The van der Waals surface area contributed by atoms with Gasteiger partial charge in [-0.3, -0.25) is 14.6 Å². The van der Waals surface area contributed by atoms with Crippen LogP contribution in [0.25, 0.3) is 0 Å². The van der Waals surface area contributed by atoms with Crippen LogP contribution >= 0.6 is 0 Å². The van der Waals surface area contributed by atoms with Gasteiger partial charge in [-0.15, -0.1) is 0 Å². The maximum Gasteiger partial charge on any atom is 0.414 e. The Kier molecular flexibility index (Phi) is 8.49. The van der Waals surface area contributed by atoms with Crippen molar-refractivity contribution in [2.75, 3.05) is 88.9 Å². The Labute approximate surface area is 228 Å². The van der Waals surface area contributed by atoms with Gasteiger partial charge in [0, 0.05) is 65.4 Å². The summed E-state index contributed by atoms with van der Waals surface area (Å²) in [5, 5.41) is 0. The van der Waals surface area contributed by atoms with Crippen molar-refractivity contribution in [2.24, 2.45) is 5.73 Å². The van der Waals surface area contributed by atoms with Gasteiger partial charge in [0.2, 0.25) is 0 Å². The van der Waals surface area contributed by atoms with Gasteiger partial charge in [-0.25, -0.2) is 9.18 Å². The highest BCUT2D eigenvalue weighted by Crippen LogP contribution is 2.28. The van der Waals surface area contributed by atoms with Gasteiger partial charge in [0.25, 0.3) is 5.91 Å². The van der Waals surface area contributed by atoms with E-state index in [0.29, 0.717) is 49.8 Å². The van der Waals surface area contributed by atoms with E-state index in [0.717, 1.165) is 32.7 Å². The number of rotatable bonds is 8. The van der Waals surface area contributed by atoms with Crippen molar-refractivity contribution in [3.05, 3.63) is 53.8 Å². The zero-order chi connectivity index (χ0) is 27.4. The first-order chi connectivity index (χ1) is 18.9. The van der Waals surface area contributed by atoms with E-state index < -0.39 is 11.9 Å². The second kappa shape index (κ2) is 12.2. The number of benzene rings is 2. The fourth-order valence-corrected chi connectivity index (χ4v) is 5.16. The van der Waals surface area contributed by atoms with Crippen LogP contribution in [0.2, 0.25) is 0 Å². The van der Waals surface area contributed by atoms with E-state index in [4.69, 9.17) is 15.2 Å². The molecule has 3 saturated heterocycles. The summed E-state index contributed by atoms with van der Waals surface area (Å²) in [6.45, 7) is 7.69. The summed E-state index contributed by atoms with van der Waals surface area (Å²) < 4.78 is 25.9. The Morgan fingerprint density at radius 1 is 1.03 bits per heavy atom. The molecule has 3 aliphatic rings. The van der Waals surface area contributed by atoms with E-state index in [2.05, 4.69) is 29.0 Å². The van der Waals surface area contributed by atoms with Gasteiger partial charge in [-0.05, 0) is 42.9 Å². The number of ether oxygens (including phenoxy) is 2. The Morgan fingerprint density at radius 2 is 1.74 bits per heavy atom. The van der Waals surface area contributed by atoms with Crippen LogP contribution in [-0.2, 0) is 16.1 Å².